The molecule has 0 unspecified atom stereocenters. The Morgan fingerprint density at radius 2 is 1.82 bits per heavy atom. The standard InChI is InChI=1S/C18H33NO2Si/c1-17(2,3)22(4,5)21-15-9-11-18-10-7-13-19(16(18)20)12-6-8-14(15)18/h14-15H,6-13H2,1-5H3/t14-,15+,18+/m1/s1. The maximum absolute atomic E-state index is 13.0. The van der Waals surface area contributed by atoms with Crippen LogP contribution in [-0.4, -0.2) is 38.3 Å². The van der Waals surface area contributed by atoms with Gasteiger partial charge in [0.15, 0.2) is 8.32 Å². The Morgan fingerprint density at radius 3 is 2.50 bits per heavy atom. The van der Waals surface area contributed by atoms with Gasteiger partial charge in [0, 0.05) is 19.2 Å². The van der Waals surface area contributed by atoms with E-state index in [1.165, 1.54) is 12.8 Å². The molecule has 0 aromatic heterocycles. The summed E-state index contributed by atoms with van der Waals surface area (Å²) in [4.78, 5) is 15.2. The van der Waals surface area contributed by atoms with Crippen LogP contribution in [0.15, 0.2) is 0 Å². The molecule has 3 nitrogen and oxygen atoms in total. The summed E-state index contributed by atoms with van der Waals surface area (Å²) in [5.74, 6) is 0.932. The van der Waals surface area contributed by atoms with Crippen LogP contribution in [0.4, 0.5) is 0 Å². The molecule has 3 atom stereocenters. The minimum atomic E-state index is -1.75. The van der Waals surface area contributed by atoms with Crippen LogP contribution in [0.2, 0.25) is 18.1 Å². The van der Waals surface area contributed by atoms with Gasteiger partial charge in [0.05, 0.1) is 5.41 Å². The van der Waals surface area contributed by atoms with E-state index >= 15 is 0 Å². The molecule has 22 heavy (non-hydrogen) atoms. The van der Waals surface area contributed by atoms with E-state index in [4.69, 9.17) is 4.43 Å². The first-order valence-electron chi connectivity index (χ1n) is 9.15. The number of hydrogen-bond donors (Lipinski definition) is 0. The van der Waals surface area contributed by atoms with Gasteiger partial charge in [-0.05, 0) is 62.6 Å². The predicted octanol–water partition coefficient (Wildman–Crippen LogP) is 4.19. The van der Waals surface area contributed by atoms with Gasteiger partial charge in [-0.3, -0.25) is 4.79 Å². The van der Waals surface area contributed by atoms with E-state index in [1.54, 1.807) is 0 Å². The number of rotatable bonds is 2. The fourth-order valence-corrected chi connectivity index (χ4v) is 6.09. The van der Waals surface area contributed by atoms with Crippen molar-refractivity contribution < 1.29 is 9.22 Å². The lowest BCUT2D eigenvalue weighted by atomic mass is 9.70. The molecule has 2 saturated heterocycles. The van der Waals surface area contributed by atoms with E-state index in [1.807, 2.05) is 0 Å². The summed E-state index contributed by atoms with van der Waals surface area (Å²) in [6.45, 7) is 13.6. The third kappa shape index (κ3) is 2.46. The molecule has 0 radical (unpaired) electrons. The highest BCUT2D eigenvalue weighted by Gasteiger charge is 2.58. The summed E-state index contributed by atoms with van der Waals surface area (Å²) in [6.07, 6.45) is 7.11. The van der Waals surface area contributed by atoms with Crippen molar-refractivity contribution in [3.05, 3.63) is 0 Å². The molecule has 0 aromatic carbocycles. The van der Waals surface area contributed by atoms with Crippen molar-refractivity contribution in [3.63, 3.8) is 0 Å². The number of hydrogen-bond acceptors (Lipinski definition) is 2. The number of nitrogens with zero attached hydrogens (tertiary/aromatic N) is 1. The van der Waals surface area contributed by atoms with Crippen molar-refractivity contribution in [2.75, 3.05) is 13.1 Å². The van der Waals surface area contributed by atoms with E-state index in [2.05, 4.69) is 38.8 Å². The van der Waals surface area contributed by atoms with Gasteiger partial charge >= 0.3 is 0 Å². The molecule has 1 aliphatic carbocycles. The van der Waals surface area contributed by atoms with Crippen molar-refractivity contribution in [1.29, 1.82) is 0 Å². The maximum Gasteiger partial charge on any atom is 0.229 e. The van der Waals surface area contributed by atoms with Gasteiger partial charge < -0.3 is 9.33 Å². The third-order valence-corrected chi connectivity index (χ3v) is 11.5. The van der Waals surface area contributed by atoms with Crippen LogP contribution >= 0.6 is 0 Å². The topological polar surface area (TPSA) is 29.5 Å². The number of piperidine rings is 1. The van der Waals surface area contributed by atoms with Crippen LogP contribution in [0.5, 0.6) is 0 Å². The van der Waals surface area contributed by atoms with Crippen molar-refractivity contribution in [2.45, 2.75) is 83.5 Å². The second-order valence-corrected chi connectivity index (χ2v) is 14.0. The van der Waals surface area contributed by atoms with E-state index in [0.717, 1.165) is 38.8 Å². The van der Waals surface area contributed by atoms with Gasteiger partial charge in [-0.1, -0.05) is 20.8 Å². The Kier molecular flexibility index (Phi) is 4.00. The molecule has 4 heteroatoms. The minimum absolute atomic E-state index is 0.0677. The summed E-state index contributed by atoms with van der Waals surface area (Å²) >= 11 is 0. The Hall–Kier alpha value is -0.353. The highest BCUT2D eigenvalue weighted by molar-refractivity contribution is 6.74. The molecule has 2 bridgehead atoms. The normalized spacial score (nSPS) is 36.2. The monoisotopic (exact) mass is 323 g/mol. The first-order chi connectivity index (χ1) is 10.2. The number of amides is 1. The molecule has 0 aromatic rings. The van der Waals surface area contributed by atoms with Crippen LogP contribution in [0, 0.1) is 11.3 Å². The van der Waals surface area contributed by atoms with Gasteiger partial charge in [-0.2, -0.15) is 0 Å². The molecule has 3 fully saturated rings. The summed E-state index contributed by atoms with van der Waals surface area (Å²) in [6, 6.07) is 0. The van der Waals surface area contributed by atoms with Crippen LogP contribution in [-0.2, 0) is 9.22 Å². The molecule has 3 rings (SSSR count). The molecule has 2 aliphatic heterocycles. The second-order valence-electron chi connectivity index (χ2n) is 9.26. The average molecular weight is 324 g/mol. The zero-order valence-corrected chi connectivity index (χ0v) is 16.1. The van der Waals surface area contributed by atoms with Crippen LogP contribution < -0.4 is 0 Å². The first-order valence-corrected chi connectivity index (χ1v) is 12.1. The first kappa shape index (κ1) is 16.5. The van der Waals surface area contributed by atoms with Gasteiger partial charge in [0.1, 0.15) is 0 Å². The molecular formula is C18H33NO2Si. The number of fused-ring (bicyclic) bond motifs is 1. The zero-order chi connectivity index (χ0) is 16.2. The van der Waals surface area contributed by atoms with E-state index < -0.39 is 8.32 Å². The van der Waals surface area contributed by atoms with Crippen molar-refractivity contribution >= 4 is 14.2 Å². The Morgan fingerprint density at radius 1 is 1.14 bits per heavy atom. The lowest BCUT2D eigenvalue weighted by molar-refractivity contribution is -0.148. The van der Waals surface area contributed by atoms with Gasteiger partial charge in [0.2, 0.25) is 5.91 Å². The summed E-state index contributed by atoms with van der Waals surface area (Å²) < 4.78 is 6.79. The molecule has 1 spiro atoms. The third-order valence-electron chi connectivity index (χ3n) is 6.99. The highest BCUT2D eigenvalue weighted by Crippen LogP contribution is 2.55. The quantitative estimate of drug-likeness (QED) is 0.713. The fraction of sp³-hybridized carbons (Fsp3) is 0.944. The van der Waals surface area contributed by atoms with Crippen LogP contribution in [0.1, 0.15) is 59.3 Å². The van der Waals surface area contributed by atoms with E-state index in [-0.39, 0.29) is 10.5 Å². The van der Waals surface area contributed by atoms with Gasteiger partial charge in [-0.15, -0.1) is 0 Å². The number of carbonyl (C=O) groups is 1. The number of carbonyl (C=O) groups excluding carboxylic acids is 1. The molecule has 1 amide bonds. The Bertz CT molecular complexity index is 456. The smallest absolute Gasteiger partial charge is 0.229 e. The lowest BCUT2D eigenvalue weighted by Gasteiger charge is -2.43. The molecule has 2 heterocycles. The molecule has 1 saturated carbocycles. The van der Waals surface area contributed by atoms with Crippen molar-refractivity contribution in [1.82, 2.24) is 4.90 Å². The summed E-state index contributed by atoms with van der Waals surface area (Å²) in [5.41, 5.74) is -0.0677. The molecular weight excluding hydrogens is 290 g/mol. The van der Waals surface area contributed by atoms with E-state index in [9.17, 15) is 4.79 Å². The predicted molar refractivity (Wildman–Crippen MR) is 92.3 cm³/mol. The minimum Gasteiger partial charge on any atom is -0.414 e. The van der Waals surface area contributed by atoms with Crippen LogP contribution in [0.3, 0.4) is 0 Å². The largest absolute Gasteiger partial charge is 0.414 e. The SMILES string of the molecule is CC(C)(C)[Si](C)(C)O[C@H]1CC[C@@]23CCCN(CCC[C@H]12)C3=O. The molecule has 3 aliphatic rings. The molecule has 0 N–H and O–H groups in total. The highest BCUT2D eigenvalue weighted by atomic mass is 28.4. The Labute approximate surface area is 136 Å². The summed E-state index contributed by atoms with van der Waals surface area (Å²) in [5, 5.41) is 0.246. The maximum atomic E-state index is 13.0. The van der Waals surface area contributed by atoms with Crippen LogP contribution in [0.25, 0.3) is 0 Å². The zero-order valence-electron chi connectivity index (χ0n) is 15.1. The summed E-state index contributed by atoms with van der Waals surface area (Å²) in [7, 11) is -1.75. The molecule has 126 valence electrons. The average Bonchev–Trinajstić information content (AvgIpc) is 2.70. The van der Waals surface area contributed by atoms with Crippen molar-refractivity contribution in [3.8, 4) is 0 Å². The second kappa shape index (κ2) is 5.34. The lowest BCUT2D eigenvalue weighted by Crippen LogP contribution is -2.51. The van der Waals surface area contributed by atoms with Gasteiger partial charge in [-0.25, -0.2) is 0 Å². The fourth-order valence-electron chi connectivity index (χ4n) is 4.70. The van der Waals surface area contributed by atoms with Gasteiger partial charge in [0.25, 0.3) is 0 Å². The van der Waals surface area contributed by atoms with E-state index in [0.29, 0.717) is 17.9 Å². The Balaban J connectivity index is 1.84. The van der Waals surface area contributed by atoms with Crippen molar-refractivity contribution in [2.24, 2.45) is 11.3 Å².